The SMILES string of the molecule is COc1ccc(C2C=NN=N2)cc1C(=O)N1CCC(CCN2CCC(C(=O)NN3CCC(C(=O)O)CC3)(c3cccnc3)CC2)(c2ccc(Cl)c(Cl)c2)C1. The number of rotatable bonds is 11. The summed E-state index contributed by atoms with van der Waals surface area (Å²) in [5.74, 6) is -0.886. The number of carbonyl (C=O) groups excluding carboxylic acids is 2. The number of hydrazine groups is 1. The van der Waals surface area contributed by atoms with Gasteiger partial charge in [0.05, 0.1) is 40.3 Å². The fourth-order valence-electron chi connectivity index (χ4n) is 8.38. The smallest absolute Gasteiger partial charge is 0.306 e. The summed E-state index contributed by atoms with van der Waals surface area (Å²) in [5.41, 5.74) is 5.16. The number of halogens is 2. The number of nitrogens with zero attached hydrogens (tertiary/aromatic N) is 7. The molecule has 13 nitrogen and oxygen atoms in total. The summed E-state index contributed by atoms with van der Waals surface area (Å²) in [6.45, 7) is 4.15. The van der Waals surface area contributed by atoms with Crippen molar-refractivity contribution in [3.05, 3.63) is 93.2 Å². The number of piperidine rings is 2. The first-order valence-corrected chi connectivity index (χ1v) is 19.1. The summed E-state index contributed by atoms with van der Waals surface area (Å²) in [5, 5.41) is 24.0. The zero-order valence-corrected chi connectivity index (χ0v) is 31.7. The van der Waals surface area contributed by atoms with Gasteiger partial charge < -0.3 is 19.6 Å². The summed E-state index contributed by atoms with van der Waals surface area (Å²) >= 11 is 13.0. The maximum atomic E-state index is 14.2. The summed E-state index contributed by atoms with van der Waals surface area (Å²) in [6, 6.07) is 14.7. The Balaban J connectivity index is 1.07. The van der Waals surface area contributed by atoms with E-state index in [1.165, 1.54) is 0 Å². The van der Waals surface area contributed by atoms with Gasteiger partial charge >= 0.3 is 5.97 Å². The van der Waals surface area contributed by atoms with Crippen LogP contribution in [0.1, 0.15) is 71.6 Å². The zero-order valence-electron chi connectivity index (χ0n) is 30.2. The van der Waals surface area contributed by atoms with Crippen LogP contribution in [-0.2, 0) is 20.4 Å². The molecule has 3 aromatic rings. The fourth-order valence-corrected chi connectivity index (χ4v) is 8.67. The maximum Gasteiger partial charge on any atom is 0.306 e. The Kier molecular flexibility index (Phi) is 11.3. The van der Waals surface area contributed by atoms with Crippen molar-refractivity contribution in [2.45, 2.75) is 55.4 Å². The molecule has 3 fully saturated rings. The molecule has 1 aromatic heterocycles. The van der Waals surface area contributed by atoms with E-state index in [2.05, 4.69) is 30.7 Å². The van der Waals surface area contributed by atoms with Gasteiger partial charge in [-0.15, -0.1) is 5.10 Å². The van der Waals surface area contributed by atoms with Crippen molar-refractivity contribution in [3.8, 4) is 5.75 Å². The van der Waals surface area contributed by atoms with Crippen molar-refractivity contribution in [2.75, 3.05) is 52.9 Å². The summed E-state index contributed by atoms with van der Waals surface area (Å²) in [7, 11) is 1.56. The second-order valence-electron chi connectivity index (χ2n) is 14.7. The topological polar surface area (TPSA) is 152 Å². The van der Waals surface area contributed by atoms with Crippen LogP contribution in [0, 0.1) is 5.92 Å². The number of ether oxygens (including phenoxy) is 1. The number of hydrogen-bond donors (Lipinski definition) is 2. The van der Waals surface area contributed by atoms with Gasteiger partial charge in [0.1, 0.15) is 11.8 Å². The van der Waals surface area contributed by atoms with Crippen LogP contribution in [0.4, 0.5) is 0 Å². The van der Waals surface area contributed by atoms with Crippen molar-refractivity contribution in [1.82, 2.24) is 25.2 Å². The number of pyridine rings is 1. The monoisotopic (exact) mass is 774 g/mol. The average molecular weight is 776 g/mol. The number of benzene rings is 2. The zero-order chi connectivity index (χ0) is 37.9. The van der Waals surface area contributed by atoms with Gasteiger partial charge in [0.15, 0.2) is 0 Å². The first kappa shape index (κ1) is 37.9. The Morgan fingerprint density at radius 3 is 2.43 bits per heavy atom. The standard InChI is InChI=1S/C39H44Cl2N8O5/c1-54-34-7-4-27(33-24-43-46-44-33)21-30(34)35(50)48-20-11-38(25-48,28-5-6-31(40)32(41)22-28)10-17-47-18-12-39(13-19-47,29-3-2-14-42-23-29)37(53)45-49-15-8-26(9-16-49)36(51)52/h2-7,14,21-24,26,33H,8-13,15-20,25H2,1H3,(H,45,53)(H,51,52). The number of aliphatic carboxylic acids is 1. The minimum Gasteiger partial charge on any atom is -0.496 e. The van der Waals surface area contributed by atoms with Crippen LogP contribution in [0.25, 0.3) is 0 Å². The van der Waals surface area contributed by atoms with Gasteiger partial charge in [-0.2, -0.15) is 5.11 Å². The van der Waals surface area contributed by atoms with Crippen LogP contribution >= 0.6 is 23.2 Å². The molecule has 0 saturated carbocycles. The Morgan fingerprint density at radius 2 is 1.76 bits per heavy atom. The van der Waals surface area contributed by atoms with E-state index in [0.29, 0.717) is 86.3 Å². The number of carboxylic acids is 1. The molecular formula is C39H44Cl2N8O5. The molecule has 0 spiro atoms. The molecule has 2 atom stereocenters. The number of carbonyl (C=O) groups is 3. The maximum absolute atomic E-state index is 14.2. The largest absolute Gasteiger partial charge is 0.496 e. The molecule has 0 bridgehead atoms. The second-order valence-corrected chi connectivity index (χ2v) is 15.5. The summed E-state index contributed by atoms with van der Waals surface area (Å²) in [4.78, 5) is 48.5. The highest BCUT2D eigenvalue weighted by Gasteiger charge is 2.46. The van der Waals surface area contributed by atoms with Crippen molar-refractivity contribution in [1.29, 1.82) is 0 Å². The molecule has 2 amide bonds. The first-order valence-electron chi connectivity index (χ1n) is 18.4. The molecule has 2 unspecified atom stereocenters. The predicted molar refractivity (Wildman–Crippen MR) is 204 cm³/mol. The minimum atomic E-state index is -0.785. The number of hydrogen-bond acceptors (Lipinski definition) is 10. The molecule has 7 rings (SSSR count). The lowest BCUT2D eigenvalue weighted by molar-refractivity contribution is -0.144. The van der Waals surface area contributed by atoms with Gasteiger partial charge in [-0.1, -0.05) is 41.4 Å². The lowest BCUT2D eigenvalue weighted by atomic mass is 9.72. The molecule has 4 aliphatic heterocycles. The number of methoxy groups -OCH3 is 1. The molecule has 2 N–H and O–H groups in total. The lowest BCUT2D eigenvalue weighted by Crippen LogP contribution is -2.57. The van der Waals surface area contributed by atoms with Crippen LogP contribution in [0.3, 0.4) is 0 Å². The van der Waals surface area contributed by atoms with Crippen LogP contribution in [0.2, 0.25) is 10.0 Å². The van der Waals surface area contributed by atoms with Crippen molar-refractivity contribution in [3.63, 3.8) is 0 Å². The van der Waals surface area contributed by atoms with Crippen molar-refractivity contribution >= 4 is 47.2 Å². The van der Waals surface area contributed by atoms with Gasteiger partial charge in [-0.3, -0.25) is 24.8 Å². The van der Waals surface area contributed by atoms with Gasteiger partial charge in [-0.05, 0) is 110 Å². The molecule has 54 heavy (non-hydrogen) atoms. The van der Waals surface area contributed by atoms with E-state index >= 15 is 0 Å². The van der Waals surface area contributed by atoms with E-state index in [9.17, 15) is 19.5 Å². The Hall–Kier alpha value is -4.43. The minimum absolute atomic E-state index is 0.0797. The van der Waals surface area contributed by atoms with E-state index in [4.69, 9.17) is 27.9 Å². The molecular weight excluding hydrogens is 731 g/mol. The number of likely N-dealkylation sites (tertiary alicyclic amines) is 2. The van der Waals surface area contributed by atoms with E-state index in [0.717, 1.165) is 36.1 Å². The van der Waals surface area contributed by atoms with Crippen LogP contribution in [-0.4, -0.2) is 102 Å². The van der Waals surface area contributed by atoms with Crippen LogP contribution in [0.5, 0.6) is 5.75 Å². The van der Waals surface area contributed by atoms with Crippen molar-refractivity contribution in [2.24, 2.45) is 21.4 Å². The van der Waals surface area contributed by atoms with Gasteiger partial charge in [0.2, 0.25) is 5.91 Å². The third-order valence-electron chi connectivity index (χ3n) is 11.8. The normalized spacial score (nSPS) is 23.1. The van der Waals surface area contributed by atoms with Crippen LogP contribution < -0.4 is 10.2 Å². The third-order valence-corrected chi connectivity index (χ3v) is 12.5. The van der Waals surface area contributed by atoms with E-state index < -0.39 is 16.8 Å². The van der Waals surface area contributed by atoms with E-state index in [1.807, 2.05) is 52.4 Å². The first-order chi connectivity index (χ1) is 26.1. The third kappa shape index (κ3) is 7.72. The molecule has 284 valence electrons. The summed E-state index contributed by atoms with van der Waals surface area (Å²) < 4.78 is 5.63. The molecule has 2 aromatic carbocycles. The predicted octanol–water partition coefficient (Wildman–Crippen LogP) is 5.93. The molecule has 3 saturated heterocycles. The number of aromatic nitrogens is 1. The molecule has 0 aliphatic carbocycles. The van der Waals surface area contributed by atoms with Gasteiger partial charge in [0.25, 0.3) is 5.91 Å². The Labute approximate surface area is 324 Å². The average Bonchev–Trinajstić information content (AvgIpc) is 3.91. The molecule has 15 heteroatoms. The van der Waals surface area contributed by atoms with Crippen molar-refractivity contribution < 1.29 is 24.2 Å². The Bertz CT molecular complexity index is 1920. The lowest BCUT2D eigenvalue weighted by Gasteiger charge is -2.43. The quantitative estimate of drug-likeness (QED) is 0.244. The van der Waals surface area contributed by atoms with E-state index in [-0.39, 0.29) is 23.8 Å². The van der Waals surface area contributed by atoms with Gasteiger partial charge in [0, 0.05) is 44.0 Å². The molecule has 5 heterocycles. The number of carboxylic acid groups (broad SMARTS) is 1. The highest BCUT2D eigenvalue weighted by atomic mass is 35.5. The fraction of sp³-hybridized carbons (Fsp3) is 0.462. The van der Waals surface area contributed by atoms with E-state index in [1.54, 1.807) is 31.8 Å². The van der Waals surface area contributed by atoms with Gasteiger partial charge in [-0.25, -0.2) is 5.01 Å². The molecule has 4 aliphatic rings. The highest BCUT2D eigenvalue weighted by Crippen LogP contribution is 2.43. The second kappa shape index (κ2) is 16.1. The summed E-state index contributed by atoms with van der Waals surface area (Å²) in [6.07, 6.45) is 8.82. The van der Waals surface area contributed by atoms with Crippen LogP contribution in [0.15, 0.2) is 76.4 Å². The number of amides is 2. The molecule has 0 radical (unpaired) electrons. The number of nitrogens with one attached hydrogen (secondary N) is 1. The Morgan fingerprint density at radius 1 is 0.963 bits per heavy atom. The highest BCUT2D eigenvalue weighted by molar-refractivity contribution is 6.42.